The number of thiophene rings is 1. The van der Waals surface area contributed by atoms with Gasteiger partial charge in [-0.2, -0.15) is 5.10 Å². The largest absolute Gasteiger partial charge is 0.484 e. The molecular weight excluding hydrogens is 450 g/mol. The summed E-state index contributed by atoms with van der Waals surface area (Å²) in [7, 11) is 0. The maximum absolute atomic E-state index is 12.6. The number of hydrogen-bond acceptors (Lipinski definition) is 6. The highest BCUT2D eigenvalue weighted by atomic mass is 35.5. The van der Waals surface area contributed by atoms with Gasteiger partial charge in [-0.05, 0) is 41.6 Å². The van der Waals surface area contributed by atoms with Crippen molar-refractivity contribution in [2.24, 2.45) is 5.92 Å². The fraction of sp³-hybridized carbons (Fsp3) is 0.318. The van der Waals surface area contributed by atoms with E-state index in [1.807, 2.05) is 17.5 Å². The molecule has 4 rings (SSSR count). The normalized spacial score (nSPS) is 18.4. The number of amides is 2. The first-order valence-corrected chi connectivity index (χ1v) is 11.5. The molecule has 1 aromatic carbocycles. The van der Waals surface area contributed by atoms with Gasteiger partial charge in [-0.3, -0.25) is 14.9 Å². The number of hydrogen-bond donors (Lipinski definition) is 3. The Kier molecular flexibility index (Phi) is 6.78. The molecule has 1 aliphatic heterocycles. The first kappa shape index (κ1) is 22.3. The van der Waals surface area contributed by atoms with Crippen molar-refractivity contribution in [1.82, 2.24) is 20.4 Å². The zero-order valence-electron chi connectivity index (χ0n) is 17.7. The van der Waals surface area contributed by atoms with Crippen molar-refractivity contribution < 1.29 is 14.3 Å². The van der Waals surface area contributed by atoms with Crippen molar-refractivity contribution in [2.45, 2.75) is 32.6 Å². The highest BCUT2D eigenvalue weighted by Crippen LogP contribution is 2.28. The number of anilines is 1. The molecule has 1 saturated heterocycles. The molecular formula is C22H24ClN5O3S. The fourth-order valence-electron chi connectivity index (χ4n) is 3.36. The van der Waals surface area contributed by atoms with Crippen LogP contribution < -0.4 is 20.7 Å². The van der Waals surface area contributed by atoms with Crippen LogP contribution in [0.2, 0.25) is 5.02 Å². The number of rotatable bonds is 7. The molecule has 2 atom stereocenters. The predicted molar refractivity (Wildman–Crippen MR) is 125 cm³/mol. The standard InChI is InChI=1S/C22H24ClN5O3S/c1-13(2)16-11-20(29)26-22(24-16)28-19(10-17(27-28)18-4-3-9-32-18)25-21(30)12-31-15-7-5-14(23)6-8-15/h3-10,13,16,22,24H,11-12H2,1-2H3,(H,25,30)(H,26,29). The van der Waals surface area contributed by atoms with Crippen LogP contribution in [0.1, 0.15) is 26.6 Å². The van der Waals surface area contributed by atoms with Crippen LogP contribution in [-0.4, -0.2) is 34.2 Å². The van der Waals surface area contributed by atoms with Crippen LogP contribution in [0.4, 0.5) is 5.82 Å². The van der Waals surface area contributed by atoms with Gasteiger partial charge in [0.15, 0.2) is 12.9 Å². The number of halogens is 1. The van der Waals surface area contributed by atoms with E-state index in [9.17, 15) is 9.59 Å². The zero-order chi connectivity index (χ0) is 22.7. The van der Waals surface area contributed by atoms with Crippen LogP contribution >= 0.6 is 22.9 Å². The average molecular weight is 474 g/mol. The summed E-state index contributed by atoms with van der Waals surface area (Å²) < 4.78 is 7.14. The second-order valence-corrected chi connectivity index (χ2v) is 9.20. The van der Waals surface area contributed by atoms with E-state index in [0.717, 1.165) is 4.88 Å². The van der Waals surface area contributed by atoms with Crippen LogP contribution in [0.25, 0.3) is 10.6 Å². The van der Waals surface area contributed by atoms with Crippen LogP contribution in [0.15, 0.2) is 47.8 Å². The second-order valence-electron chi connectivity index (χ2n) is 7.82. The molecule has 0 aliphatic carbocycles. The lowest BCUT2D eigenvalue weighted by atomic mass is 9.99. The lowest BCUT2D eigenvalue weighted by Gasteiger charge is -2.34. The topological polar surface area (TPSA) is 97.3 Å². The lowest BCUT2D eigenvalue weighted by Crippen LogP contribution is -2.55. The van der Waals surface area contributed by atoms with Gasteiger partial charge in [-0.15, -0.1) is 11.3 Å². The Morgan fingerprint density at radius 1 is 1.34 bits per heavy atom. The summed E-state index contributed by atoms with van der Waals surface area (Å²) in [6.45, 7) is 3.94. The van der Waals surface area contributed by atoms with Gasteiger partial charge in [-0.1, -0.05) is 31.5 Å². The Balaban J connectivity index is 1.54. The van der Waals surface area contributed by atoms with Crippen molar-refractivity contribution in [2.75, 3.05) is 11.9 Å². The van der Waals surface area contributed by atoms with Crippen molar-refractivity contribution in [3.8, 4) is 16.3 Å². The van der Waals surface area contributed by atoms with Crippen molar-refractivity contribution >= 4 is 40.6 Å². The summed E-state index contributed by atoms with van der Waals surface area (Å²) in [5.41, 5.74) is 0.705. The maximum Gasteiger partial charge on any atom is 0.263 e. The van der Waals surface area contributed by atoms with E-state index < -0.39 is 6.29 Å². The Morgan fingerprint density at radius 3 is 2.81 bits per heavy atom. The molecule has 3 aromatic rings. The molecule has 8 nitrogen and oxygen atoms in total. The monoisotopic (exact) mass is 473 g/mol. The van der Waals surface area contributed by atoms with E-state index in [1.165, 1.54) is 0 Å². The molecule has 1 aliphatic rings. The summed E-state index contributed by atoms with van der Waals surface area (Å²) in [6, 6.07) is 12.5. The highest BCUT2D eigenvalue weighted by molar-refractivity contribution is 7.13. The molecule has 10 heteroatoms. The molecule has 1 fully saturated rings. The molecule has 0 bridgehead atoms. The van der Waals surface area contributed by atoms with Crippen LogP contribution in [0.3, 0.4) is 0 Å². The Morgan fingerprint density at radius 2 is 2.12 bits per heavy atom. The quantitative estimate of drug-likeness (QED) is 0.484. The number of nitrogens with one attached hydrogen (secondary N) is 3. The Labute approximate surface area is 194 Å². The highest BCUT2D eigenvalue weighted by Gasteiger charge is 2.31. The van der Waals surface area contributed by atoms with Crippen LogP contribution in [0, 0.1) is 5.92 Å². The first-order chi connectivity index (χ1) is 15.4. The van der Waals surface area contributed by atoms with Gasteiger partial charge in [0.05, 0.1) is 4.88 Å². The van der Waals surface area contributed by atoms with E-state index in [2.05, 4.69) is 34.9 Å². The fourth-order valence-corrected chi connectivity index (χ4v) is 4.17. The third kappa shape index (κ3) is 5.29. The molecule has 3 heterocycles. The number of nitrogens with zero attached hydrogens (tertiary/aromatic N) is 2. The molecule has 168 valence electrons. The number of carbonyl (C=O) groups is 2. The Bertz CT molecular complexity index is 1080. The average Bonchev–Trinajstić information content (AvgIpc) is 3.43. The lowest BCUT2D eigenvalue weighted by molar-refractivity contribution is -0.126. The summed E-state index contributed by atoms with van der Waals surface area (Å²) >= 11 is 7.42. The molecule has 3 N–H and O–H groups in total. The SMILES string of the molecule is CC(C)C1CC(=O)NC(n2nc(-c3cccs3)cc2NC(=O)COc2ccc(Cl)cc2)N1. The van der Waals surface area contributed by atoms with Crippen molar-refractivity contribution in [1.29, 1.82) is 0 Å². The molecule has 0 radical (unpaired) electrons. The van der Waals surface area contributed by atoms with Gasteiger partial charge in [0, 0.05) is 23.6 Å². The van der Waals surface area contributed by atoms with E-state index in [1.54, 1.807) is 46.4 Å². The number of carbonyl (C=O) groups excluding carboxylic acids is 2. The van der Waals surface area contributed by atoms with E-state index in [4.69, 9.17) is 16.3 Å². The summed E-state index contributed by atoms with van der Waals surface area (Å²) in [5.74, 6) is 0.852. The summed E-state index contributed by atoms with van der Waals surface area (Å²) in [6.07, 6.45) is -0.186. The van der Waals surface area contributed by atoms with Gasteiger partial charge in [0.2, 0.25) is 5.91 Å². The summed E-state index contributed by atoms with van der Waals surface area (Å²) in [4.78, 5) is 25.9. The second kappa shape index (κ2) is 9.72. The molecule has 0 saturated carbocycles. The van der Waals surface area contributed by atoms with E-state index in [-0.39, 0.29) is 30.4 Å². The summed E-state index contributed by atoms with van der Waals surface area (Å²) in [5, 5.41) is 16.4. The van der Waals surface area contributed by atoms with Crippen LogP contribution in [0.5, 0.6) is 5.75 Å². The van der Waals surface area contributed by atoms with Gasteiger partial charge < -0.3 is 15.4 Å². The van der Waals surface area contributed by atoms with Gasteiger partial charge in [-0.25, -0.2) is 4.68 Å². The van der Waals surface area contributed by atoms with Gasteiger partial charge in [0.1, 0.15) is 17.3 Å². The minimum atomic E-state index is -0.579. The van der Waals surface area contributed by atoms with Crippen LogP contribution in [-0.2, 0) is 9.59 Å². The van der Waals surface area contributed by atoms with E-state index in [0.29, 0.717) is 28.7 Å². The number of aromatic nitrogens is 2. The molecule has 32 heavy (non-hydrogen) atoms. The molecule has 2 unspecified atom stereocenters. The maximum atomic E-state index is 12.6. The predicted octanol–water partition coefficient (Wildman–Crippen LogP) is 3.87. The minimum Gasteiger partial charge on any atom is -0.484 e. The smallest absolute Gasteiger partial charge is 0.263 e. The first-order valence-electron chi connectivity index (χ1n) is 10.3. The number of benzene rings is 1. The van der Waals surface area contributed by atoms with Gasteiger partial charge >= 0.3 is 0 Å². The van der Waals surface area contributed by atoms with Gasteiger partial charge in [0.25, 0.3) is 5.91 Å². The Hall–Kier alpha value is -2.88. The minimum absolute atomic E-state index is 0.0000673. The zero-order valence-corrected chi connectivity index (χ0v) is 19.2. The number of ether oxygens (including phenoxy) is 1. The van der Waals surface area contributed by atoms with E-state index >= 15 is 0 Å². The van der Waals surface area contributed by atoms with Crippen molar-refractivity contribution in [3.05, 3.63) is 52.9 Å². The third-order valence-electron chi connectivity index (χ3n) is 5.08. The molecule has 0 spiro atoms. The third-order valence-corrected chi connectivity index (χ3v) is 6.23. The molecule has 2 amide bonds. The van der Waals surface area contributed by atoms with Crippen molar-refractivity contribution in [3.63, 3.8) is 0 Å². The molecule has 2 aromatic heterocycles.